The molecular formula is C21H23FN2O2. The van der Waals surface area contributed by atoms with Crippen LogP contribution in [0.25, 0.3) is 0 Å². The summed E-state index contributed by atoms with van der Waals surface area (Å²) < 4.78 is 13.3. The lowest BCUT2D eigenvalue weighted by Gasteiger charge is -2.37. The molecule has 0 bridgehead atoms. The van der Waals surface area contributed by atoms with E-state index in [9.17, 15) is 14.0 Å². The molecular weight excluding hydrogens is 331 g/mol. The summed E-state index contributed by atoms with van der Waals surface area (Å²) in [6, 6.07) is 14.0. The second-order valence-corrected chi connectivity index (χ2v) is 6.76. The first-order chi connectivity index (χ1) is 12.5. The fraction of sp³-hybridized carbons (Fsp3) is 0.333. The molecule has 0 aromatic heterocycles. The molecule has 2 amide bonds. The molecule has 4 nitrogen and oxygen atoms in total. The highest BCUT2D eigenvalue weighted by Crippen LogP contribution is 2.32. The van der Waals surface area contributed by atoms with Crippen molar-refractivity contribution in [2.45, 2.75) is 32.4 Å². The number of carbonyl (C=O) groups is 2. The number of nitrogens with zero attached hydrogens (tertiary/aromatic N) is 2. The molecule has 0 radical (unpaired) electrons. The van der Waals surface area contributed by atoms with Gasteiger partial charge in [0, 0.05) is 27.1 Å². The second-order valence-electron chi connectivity index (χ2n) is 6.76. The maximum absolute atomic E-state index is 13.3. The van der Waals surface area contributed by atoms with Gasteiger partial charge in [0.2, 0.25) is 11.8 Å². The number of halogens is 1. The van der Waals surface area contributed by atoms with Gasteiger partial charge in [0.1, 0.15) is 5.82 Å². The average Bonchev–Trinajstić information content (AvgIpc) is 2.61. The molecule has 1 aliphatic heterocycles. The van der Waals surface area contributed by atoms with E-state index < -0.39 is 0 Å². The summed E-state index contributed by atoms with van der Waals surface area (Å²) in [4.78, 5) is 28.2. The molecule has 2 aromatic rings. The highest BCUT2D eigenvalue weighted by Gasteiger charge is 2.31. The smallest absolute Gasteiger partial charge is 0.225 e. The monoisotopic (exact) mass is 354 g/mol. The summed E-state index contributed by atoms with van der Waals surface area (Å²) in [6.07, 6.45) is 1.03. The third-order valence-corrected chi connectivity index (χ3v) is 4.92. The van der Waals surface area contributed by atoms with Gasteiger partial charge in [-0.05, 0) is 35.2 Å². The minimum atomic E-state index is -0.313. The van der Waals surface area contributed by atoms with Crippen molar-refractivity contribution < 1.29 is 14.0 Å². The Labute approximate surface area is 153 Å². The van der Waals surface area contributed by atoms with Gasteiger partial charge in [-0.15, -0.1) is 0 Å². The van der Waals surface area contributed by atoms with Crippen LogP contribution in [0, 0.1) is 5.82 Å². The Kier molecular flexibility index (Phi) is 5.35. The first kappa shape index (κ1) is 18.1. The first-order valence-corrected chi connectivity index (χ1v) is 8.79. The fourth-order valence-electron chi connectivity index (χ4n) is 3.57. The van der Waals surface area contributed by atoms with Crippen LogP contribution < -0.4 is 0 Å². The van der Waals surface area contributed by atoms with Crippen LogP contribution in [0.4, 0.5) is 4.39 Å². The summed E-state index contributed by atoms with van der Waals surface area (Å²) in [6.45, 7) is 2.50. The van der Waals surface area contributed by atoms with E-state index in [1.165, 1.54) is 17.7 Å². The summed E-state index contributed by atoms with van der Waals surface area (Å²) in [5.74, 6) is -0.403. The number of hydrogen-bond donors (Lipinski definition) is 0. The predicted octanol–water partition coefficient (Wildman–Crippen LogP) is 3.32. The quantitative estimate of drug-likeness (QED) is 0.845. The van der Waals surface area contributed by atoms with Gasteiger partial charge in [-0.3, -0.25) is 9.59 Å². The van der Waals surface area contributed by atoms with Crippen molar-refractivity contribution in [2.24, 2.45) is 0 Å². The summed E-state index contributed by atoms with van der Waals surface area (Å²) in [5, 5.41) is 0. The molecule has 26 heavy (non-hydrogen) atoms. The minimum Gasteiger partial charge on any atom is -0.341 e. The molecule has 0 saturated heterocycles. The lowest BCUT2D eigenvalue weighted by atomic mass is 9.90. The number of fused-ring (bicyclic) bond motifs is 1. The molecule has 0 saturated carbocycles. The van der Waals surface area contributed by atoms with Crippen LogP contribution >= 0.6 is 0 Å². The molecule has 0 aliphatic carbocycles. The van der Waals surface area contributed by atoms with Gasteiger partial charge in [0.15, 0.2) is 0 Å². The Morgan fingerprint density at radius 3 is 2.69 bits per heavy atom. The standard InChI is InChI=1S/C21H23FN2O2/c1-15(25)24-11-10-17-7-3-4-9-19(17)20(24)13-21(26)23(2)14-16-6-5-8-18(22)12-16/h3-9,12,20H,10-11,13-14H2,1-2H3. The zero-order valence-electron chi connectivity index (χ0n) is 15.1. The number of hydrogen-bond acceptors (Lipinski definition) is 2. The lowest BCUT2D eigenvalue weighted by Crippen LogP contribution is -2.41. The molecule has 1 atom stereocenters. The highest BCUT2D eigenvalue weighted by molar-refractivity contribution is 5.79. The summed E-state index contributed by atoms with van der Waals surface area (Å²) in [5.41, 5.74) is 2.98. The predicted molar refractivity (Wildman–Crippen MR) is 97.8 cm³/mol. The van der Waals surface area contributed by atoms with Crippen LogP contribution in [-0.4, -0.2) is 35.2 Å². The molecule has 5 heteroatoms. The van der Waals surface area contributed by atoms with E-state index in [-0.39, 0.29) is 30.1 Å². The lowest BCUT2D eigenvalue weighted by molar-refractivity contribution is -0.136. The third-order valence-electron chi connectivity index (χ3n) is 4.92. The van der Waals surface area contributed by atoms with Gasteiger partial charge in [0.05, 0.1) is 12.5 Å². The Hall–Kier alpha value is -2.69. The van der Waals surface area contributed by atoms with Crippen molar-refractivity contribution in [3.8, 4) is 0 Å². The molecule has 2 aromatic carbocycles. The Bertz CT molecular complexity index is 821. The molecule has 1 heterocycles. The van der Waals surface area contributed by atoms with E-state index in [0.29, 0.717) is 13.1 Å². The molecule has 136 valence electrons. The minimum absolute atomic E-state index is 0.0231. The highest BCUT2D eigenvalue weighted by atomic mass is 19.1. The fourth-order valence-corrected chi connectivity index (χ4v) is 3.57. The summed E-state index contributed by atoms with van der Waals surface area (Å²) in [7, 11) is 1.71. The van der Waals surface area contributed by atoms with Gasteiger partial charge in [-0.2, -0.15) is 0 Å². The van der Waals surface area contributed by atoms with Gasteiger partial charge in [-0.25, -0.2) is 4.39 Å². The topological polar surface area (TPSA) is 40.6 Å². The van der Waals surface area contributed by atoms with Crippen LogP contribution in [0.5, 0.6) is 0 Å². The van der Waals surface area contributed by atoms with Crippen molar-refractivity contribution in [3.63, 3.8) is 0 Å². The number of rotatable bonds is 4. The SMILES string of the molecule is CC(=O)N1CCc2ccccc2C1CC(=O)N(C)Cc1cccc(F)c1. The van der Waals surface area contributed by atoms with Crippen LogP contribution in [0.15, 0.2) is 48.5 Å². The Morgan fingerprint density at radius 2 is 1.96 bits per heavy atom. The molecule has 0 spiro atoms. The number of benzene rings is 2. The van der Waals surface area contributed by atoms with E-state index >= 15 is 0 Å². The molecule has 1 aliphatic rings. The van der Waals surface area contributed by atoms with Gasteiger partial charge >= 0.3 is 0 Å². The van der Waals surface area contributed by atoms with E-state index in [2.05, 4.69) is 6.07 Å². The first-order valence-electron chi connectivity index (χ1n) is 8.79. The van der Waals surface area contributed by atoms with Crippen LogP contribution in [-0.2, 0) is 22.6 Å². The van der Waals surface area contributed by atoms with E-state index in [4.69, 9.17) is 0 Å². The maximum Gasteiger partial charge on any atom is 0.225 e. The second kappa shape index (κ2) is 7.68. The zero-order chi connectivity index (χ0) is 18.7. The molecule has 0 N–H and O–H groups in total. The molecule has 3 rings (SSSR count). The average molecular weight is 354 g/mol. The van der Waals surface area contributed by atoms with Crippen LogP contribution in [0.2, 0.25) is 0 Å². The Morgan fingerprint density at radius 1 is 1.19 bits per heavy atom. The van der Waals surface area contributed by atoms with Crippen molar-refractivity contribution in [1.29, 1.82) is 0 Å². The largest absolute Gasteiger partial charge is 0.341 e. The van der Waals surface area contributed by atoms with Gasteiger partial charge in [0.25, 0.3) is 0 Å². The number of amides is 2. The van der Waals surface area contributed by atoms with Crippen LogP contribution in [0.1, 0.15) is 36.1 Å². The van der Waals surface area contributed by atoms with Crippen LogP contribution in [0.3, 0.4) is 0 Å². The van der Waals surface area contributed by atoms with Crippen molar-refractivity contribution in [2.75, 3.05) is 13.6 Å². The molecule has 1 unspecified atom stereocenters. The third kappa shape index (κ3) is 3.93. The van der Waals surface area contributed by atoms with E-state index in [0.717, 1.165) is 17.5 Å². The van der Waals surface area contributed by atoms with Gasteiger partial charge < -0.3 is 9.80 Å². The van der Waals surface area contributed by atoms with E-state index in [1.807, 2.05) is 18.2 Å². The number of carbonyl (C=O) groups excluding carboxylic acids is 2. The van der Waals surface area contributed by atoms with E-state index in [1.54, 1.807) is 35.9 Å². The zero-order valence-corrected chi connectivity index (χ0v) is 15.1. The van der Waals surface area contributed by atoms with Gasteiger partial charge in [-0.1, -0.05) is 36.4 Å². The summed E-state index contributed by atoms with van der Waals surface area (Å²) >= 11 is 0. The normalized spacial score (nSPS) is 16.1. The van der Waals surface area contributed by atoms with Crippen molar-refractivity contribution in [3.05, 3.63) is 71.0 Å². The maximum atomic E-state index is 13.3. The van der Waals surface area contributed by atoms with Crippen molar-refractivity contribution >= 4 is 11.8 Å². The Balaban J connectivity index is 1.76. The molecule has 0 fully saturated rings. The van der Waals surface area contributed by atoms with Crippen molar-refractivity contribution in [1.82, 2.24) is 9.80 Å².